The molecule has 0 radical (unpaired) electrons. The molecule has 186 valence electrons. The van der Waals surface area contributed by atoms with Crippen LogP contribution in [0.25, 0.3) is 22.4 Å². The number of nitrogens with two attached hydrogens (primary N) is 1. The topological polar surface area (TPSA) is 151 Å². The van der Waals surface area contributed by atoms with Crippen LogP contribution in [0.4, 0.5) is 23.1 Å². The van der Waals surface area contributed by atoms with E-state index in [1.54, 1.807) is 25.1 Å². The number of aromatic nitrogens is 3. The fraction of sp³-hybridized carbons (Fsp3) is 0.280. The summed E-state index contributed by atoms with van der Waals surface area (Å²) in [5, 5.41) is 6.51. The Labute approximate surface area is 206 Å². The molecule has 0 bridgehead atoms. The van der Waals surface area contributed by atoms with Crippen molar-refractivity contribution in [2.75, 3.05) is 42.2 Å². The summed E-state index contributed by atoms with van der Waals surface area (Å²) in [7, 11) is 0. The SMILES string of the molecule is CCOC(=O)C1CN(c2ccccc2-c2nc(N)nc(Nc3ccc4oc(=O)[nH]c4c3)c2C)CCN1. The summed E-state index contributed by atoms with van der Waals surface area (Å²) in [6.45, 7) is 5.91. The van der Waals surface area contributed by atoms with E-state index in [1.807, 2.05) is 31.2 Å². The number of rotatable bonds is 6. The molecule has 2 aromatic heterocycles. The van der Waals surface area contributed by atoms with Crippen molar-refractivity contribution in [2.45, 2.75) is 19.9 Å². The summed E-state index contributed by atoms with van der Waals surface area (Å²) in [5.74, 6) is -0.108. The van der Waals surface area contributed by atoms with Gasteiger partial charge in [-0.05, 0) is 38.1 Å². The number of H-pyrrole nitrogens is 1. The molecule has 0 saturated carbocycles. The number of ether oxygens (including phenoxy) is 1. The predicted octanol–water partition coefficient (Wildman–Crippen LogP) is 2.55. The second-order valence-corrected chi connectivity index (χ2v) is 8.48. The second-order valence-electron chi connectivity index (χ2n) is 8.48. The zero-order chi connectivity index (χ0) is 25.2. The summed E-state index contributed by atoms with van der Waals surface area (Å²) in [5.41, 5.74) is 11.2. The van der Waals surface area contributed by atoms with Gasteiger partial charge in [-0.2, -0.15) is 4.98 Å². The Kier molecular flexibility index (Phi) is 6.30. The maximum absolute atomic E-state index is 12.3. The highest BCUT2D eigenvalue weighted by Crippen LogP contribution is 2.35. The van der Waals surface area contributed by atoms with Gasteiger partial charge in [-0.25, -0.2) is 9.78 Å². The van der Waals surface area contributed by atoms with Crippen LogP contribution in [-0.2, 0) is 9.53 Å². The highest BCUT2D eigenvalue weighted by atomic mass is 16.5. The van der Waals surface area contributed by atoms with Crippen LogP contribution < -0.4 is 27.0 Å². The van der Waals surface area contributed by atoms with E-state index in [2.05, 4.69) is 30.5 Å². The van der Waals surface area contributed by atoms with Gasteiger partial charge in [0.05, 0.1) is 17.8 Å². The van der Waals surface area contributed by atoms with Crippen molar-refractivity contribution in [1.82, 2.24) is 20.3 Å². The van der Waals surface area contributed by atoms with Gasteiger partial charge in [0.1, 0.15) is 11.9 Å². The van der Waals surface area contributed by atoms with Crippen molar-refractivity contribution in [3.8, 4) is 11.3 Å². The number of anilines is 4. The number of benzene rings is 2. The smallest absolute Gasteiger partial charge is 0.417 e. The molecule has 1 aliphatic heterocycles. The van der Waals surface area contributed by atoms with Crippen molar-refractivity contribution in [3.63, 3.8) is 0 Å². The van der Waals surface area contributed by atoms with Gasteiger partial charge in [-0.1, -0.05) is 18.2 Å². The molecule has 36 heavy (non-hydrogen) atoms. The van der Waals surface area contributed by atoms with Crippen molar-refractivity contribution < 1.29 is 13.9 Å². The van der Waals surface area contributed by atoms with Crippen molar-refractivity contribution in [1.29, 1.82) is 0 Å². The van der Waals surface area contributed by atoms with Gasteiger partial charge < -0.3 is 30.4 Å². The summed E-state index contributed by atoms with van der Waals surface area (Å²) in [6.07, 6.45) is 0. The van der Waals surface area contributed by atoms with E-state index in [1.165, 1.54) is 0 Å². The lowest BCUT2D eigenvalue weighted by Crippen LogP contribution is -2.55. The molecule has 1 aliphatic rings. The van der Waals surface area contributed by atoms with E-state index in [4.69, 9.17) is 14.9 Å². The van der Waals surface area contributed by atoms with E-state index >= 15 is 0 Å². The molecule has 1 atom stereocenters. The molecule has 4 aromatic rings. The lowest BCUT2D eigenvalue weighted by molar-refractivity contribution is -0.145. The molecule has 1 saturated heterocycles. The number of carbonyl (C=O) groups is 1. The molecular weight excluding hydrogens is 462 g/mol. The number of hydrogen-bond acceptors (Lipinski definition) is 10. The third-order valence-corrected chi connectivity index (χ3v) is 6.09. The van der Waals surface area contributed by atoms with E-state index in [0.717, 1.165) is 23.4 Å². The fourth-order valence-electron chi connectivity index (χ4n) is 4.40. The molecule has 5 N–H and O–H groups in total. The number of carbonyl (C=O) groups excluding carboxylic acids is 1. The monoisotopic (exact) mass is 489 g/mol. The first-order valence-corrected chi connectivity index (χ1v) is 11.7. The number of nitrogens with one attached hydrogen (secondary N) is 3. The maximum atomic E-state index is 12.3. The number of para-hydroxylation sites is 1. The molecule has 11 nitrogen and oxygen atoms in total. The molecule has 0 spiro atoms. The Hall–Kier alpha value is -4.38. The number of oxazole rings is 1. The average molecular weight is 490 g/mol. The van der Waals surface area contributed by atoms with Gasteiger partial charge in [0.25, 0.3) is 0 Å². The van der Waals surface area contributed by atoms with Crippen LogP contribution in [0.1, 0.15) is 12.5 Å². The Morgan fingerprint density at radius 2 is 2.11 bits per heavy atom. The second kappa shape index (κ2) is 9.70. The maximum Gasteiger partial charge on any atom is 0.417 e. The molecular formula is C25H27N7O4. The highest BCUT2D eigenvalue weighted by Gasteiger charge is 2.28. The first kappa shape index (κ1) is 23.4. The Balaban J connectivity index is 1.49. The van der Waals surface area contributed by atoms with Crippen LogP contribution in [0.3, 0.4) is 0 Å². The number of nitrogen functional groups attached to an aromatic ring is 1. The molecule has 2 aromatic carbocycles. The molecule has 5 rings (SSSR count). The van der Waals surface area contributed by atoms with Crippen LogP contribution in [-0.4, -0.2) is 53.2 Å². The van der Waals surface area contributed by atoms with Crippen molar-refractivity contribution in [3.05, 3.63) is 58.6 Å². The van der Waals surface area contributed by atoms with Gasteiger partial charge in [-0.3, -0.25) is 9.78 Å². The van der Waals surface area contributed by atoms with Crippen LogP contribution in [0.15, 0.2) is 51.7 Å². The molecule has 0 aliphatic carbocycles. The number of fused-ring (bicyclic) bond motifs is 1. The van der Waals surface area contributed by atoms with Gasteiger partial charge >= 0.3 is 11.7 Å². The van der Waals surface area contributed by atoms with Gasteiger partial charge in [0.15, 0.2) is 5.58 Å². The van der Waals surface area contributed by atoms with E-state index in [9.17, 15) is 9.59 Å². The van der Waals surface area contributed by atoms with Gasteiger partial charge in [0.2, 0.25) is 5.95 Å². The van der Waals surface area contributed by atoms with E-state index in [-0.39, 0.29) is 11.9 Å². The third kappa shape index (κ3) is 4.60. The number of aromatic amines is 1. The first-order valence-electron chi connectivity index (χ1n) is 11.7. The van der Waals surface area contributed by atoms with Crippen LogP contribution >= 0.6 is 0 Å². The Morgan fingerprint density at radius 1 is 1.28 bits per heavy atom. The number of nitrogens with zero attached hydrogens (tertiary/aromatic N) is 3. The minimum absolute atomic E-state index is 0.121. The molecule has 1 fully saturated rings. The Bertz CT molecular complexity index is 1480. The molecule has 0 amide bonds. The van der Waals surface area contributed by atoms with Crippen LogP contribution in [0.2, 0.25) is 0 Å². The lowest BCUT2D eigenvalue weighted by Gasteiger charge is -2.35. The standard InChI is InChI=1S/C25H27N7O4/c1-3-35-23(33)18-13-32(11-10-27-18)19-7-5-4-6-16(19)21-14(2)22(31-24(26)30-21)28-15-8-9-20-17(12-15)29-25(34)36-20/h4-9,12,18,27H,3,10-11,13H2,1-2H3,(H,29,34)(H3,26,28,30,31). The van der Waals surface area contributed by atoms with E-state index < -0.39 is 11.8 Å². The van der Waals surface area contributed by atoms with Crippen LogP contribution in [0, 0.1) is 6.92 Å². The van der Waals surface area contributed by atoms with Gasteiger partial charge in [0, 0.05) is 42.1 Å². The molecule has 1 unspecified atom stereocenters. The van der Waals surface area contributed by atoms with Gasteiger partial charge in [-0.15, -0.1) is 0 Å². The third-order valence-electron chi connectivity index (χ3n) is 6.09. The quantitative estimate of drug-likeness (QED) is 0.297. The number of hydrogen-bond donors (Lipinski definition) is 4. The largest absolute Gasteiger partial charge is 0.465 e. The Morgan fingerprint density at radius 3 is 2.94 bits per heavy atom. The first-order chi connectivity index (χ1) is 17.4. The summed E-state index contributed by atoms with van der Waals surface area (Å²) < 4.78 is 10.3. The fourth-order valence-corrected chi connectivity index (χ4v) is 4.40. The van der Waals surface area contributed by atoms with E-state index in [0.29, 0.717) is 48.0 Å². The van der Waals surface area contributed by atoms with Crippen LogP contribution in [0.5, 0.6) is 0 Å². The molecule has 3 heterocycles. The minimum Gasteiger partial charge on any atom is -0.465 e. The molecule has 11 heteroatoms. The average Bonchev–Trinajstić information content (AvgIpc) is 3.25. The van der Waals surface area contributed by atoms with Crippen molar-refractivity contribution in [2.24, 2.45) is 0 Å². The highest BCUT2D eigenvalue weighted by molar-refractivity contribution is 5.84. The predicted molar refractivity (Wildman–Crippen MR) is 137 cm³/mol. The summed E-state index contributed by atoms with van der Waals surface area (Å²) >= 11 is 0. The number of piperazine rings is 1. The zero-order valence-corrected chi connectivity index (χ0v) is 20.0. The summed E-state index contributed by atoms with van der Waals surface area (Å²) in [6, 6.07) is 12.7. The minimum atomic E-state index is -0.512. The number of esters is 1. The zero-order valence-electron chi connectivity index (χ0n) is 20.0. The van der Waals surface area contributed by atoms with Crippen molar-refractivity contribution >= 4 is 40.2 Å². The lowest BCUT2D eigenvalue weighted by atomic mass is 10.0. The normalized spacial score (nSPS) is 15.7. The summed E-state index contributed by atoms with van der Waals surface area (Å²) in [4.78, 5) is 37.6.